The number of aromatic nitrogens is 4. The lowest BCUT2D eigenvalue weighted by atomic mass is 9.86. The molecule has 0 radical (unpaired) electrons. The maximum absolute atomic E-state index is 13.2. The zero-order valence-corrected chi connectivity index (χ0v) is 25.5. The van der Waals surface area contributed by atoms with Crippen molar-refractivity contribution in [1.82, 2.24) is 20.2 Å². The van der Waals surface area contributed by atoms with Gasteiger partial charge in [0, 0.05) is 31.7 Å². The van der Waals surface area contributed by atoms with Gasteiger partial charge in [0.05, 0.1) is 17.7 Å². The van der Waals surface area contributed by atoms with Crippen LogP contribution in [0, 0.1) is 5.41 Å². The Morgan fingerprint density at radius 1 is 1.00 bits per heavy atom. The molecule has 1 aromatic heterocycles. The molecule has 8 nitrogen and oxygen atoms in total. The third kappa shape index (κ3) is 9.33. The van der Waals surface area contributed by atoms with Crippen LogP contribution in [0.3, 0.4) is 0 Å². The molecule has 1 aliphatic carbocycles. The molecule has 0 atom stereocenters. The summed E-state index contributed by atoms with van der Waals surface area (Å²) in [5, 5.41) is 24.3. The Hall–Kier alpha value is -3.84. The average Bonchev–Trinajstić information content (AvgIpc) is 3.61. The van der Waals surface area contributed by atoms with Crippen molar-refractivity contribution >= 4 is 17.6 Å². The Morgan fingerprint density at radius 2 is 1.64 bits per heavy atom. The van der Waals surface area contributed by atoms with Crippen LogP contribution >= 0.6 is 0 Å². The van der Waals surface area contributed by atoms with Crippen molar-refractivity contribution in [1.29, 1.82) is 0 Å². The molecule has 1 heterocycles. The minimum atomic E-state index is -4.92. The molecule has 0 amide bonds. The fourth-order valence-corrected chi connectivity index (χ4v) is 5.76. The van der Waals surface area contributed by atoms with Crippen LogP contribution in [0.5, 0.6) is 0 Å². The van der Waals surface area contributed by atoms with Crippen LogP contribution in [0.15, 0.2) is 30.3 Å². The molecule has 246 valence electrons. The number of nitrogens with one attached hydrogen (secondary N) is 1. The first-order valence-electron chi connectivity index (χ1n) is 15.0. The minimum Gasteiger partial charge on any atom is -0.481 e. The largest absolute Gasteiger partial charge is 0.481 e. The monoisotopic (exact) mass is 640 g/mol. The van der Waals surface area contributed by atoms with Crippen LogP contribution < -0.4 is 10.2 Å². The van der Waals surface area contributed by atoms with Gasteiger partial charge in [-0.1, -0.05) is 25.0 Å². The van der Waals surface area contributed by atoms with Gasteiger partial charge in [-0.2, -0.15) is 31.1 Å². The number of hydrogen-bond acceptors (Lipinski definition) is 6. The molecule has 14 heteroatoms. The third-order valence-corrected chi connectivity index (χ3v) is 8.02. The van der Waals surface area contributed by atoms with Gasteiger partial charge in [0.25, 0.3) is 5.95 Å². The maximum atomic E-state index is 13.2. The van der Waals surface area contributed by atoms with E-state index in [-0.39, 0.29) is 42.4 Å². The Balaban J connectivity index is 1.46. The molecule has 0 saturated carbocycles. The number of carboxylic acid groups (broad SMARTS) is 1. The molecule has 1 aliphatic rings. The third-order valence-electron chi connectivity index (χ3n) is 8.02. The molecular weight excluding hydrogens is 602 g/mol. The van der Waals surface area contributed by atoms with Gasteiger partial charge in [-0.05, 0) is 103 Å². The molecule has 45 heavy (non-hydrogen) atoms. The van der Waals surface area contributed by atoms with Gasteiger partial charge >= 0.3 is 18.3 Å². The van der Waals surface area contributed by atoms with Crippen LogP contribution in [0.25, 0.3) is 0 Å². The first-order chi connectivity index (χ1) is 21.0. The van der Waals surface area contributed by atoms with Crippen molar-refractivity contribution in [2.45, 2.75) is 91.2 Å². The second kappa shape index (κ2) is 13.7. The van der Waals surface area contributed by atoms with E-state index in [1.54, 1.807) is 0 Å². The Bertz CT molecular complexity index is 1450. The quantitative estimate of drug-likeness (QED) is 0.181. The summed E-state index contributed by atoms with van der Waals surface area (Å²) < 4.78 is 79.3. The summed E-state index contributed by atoms with van der Waals surface area (Å²) in [5.41, 5.74) is 1.68. The number of nitrogens with zero attached hydrogens (tertiary/aromatic N) is 5. The predicted octanol–water partition coefficient (Wildman–Crippen LogP) is 7.16. The first-order valence-corrected chi connectivity index (χ1v) is 15.0. The molecule has 0 aliphatic heterocycles. The molecule has 0 spiro atoms. The van der Waals surface area contributed by atoms with E-state index in [2.05, 4.69) is 58.5 Å². The number of aryl methyl sites for hydroxylation is 4. The number of aliphatic carboxylic acids is 1. The van der Waals surface area contributed by atoms with E-state index in [1.807, 2.05) is 0 Å². The van der Waals surface area contributed by atoms with E-state index in [1.165, 1.54) is 11.1 Å². The topological polar surface area (TPSA) is 96.2 Å². The summed E-state index contributed by atoms with van der Waals surface area (Å²) >= 11 is 0. The van der Waals surface area contributed by atoms with Gasteiger partial charge in [-0.15, -0.1) is 5.10 Å². The summed E-state index contributed by atoms with van der Waals surface area (Å²) in [5.74, 6) is -0.625. The molecule has 4 rings (SSSR count). The van der Waals surface area contributed by atoms with E-state index < -0.39 is 29.4 Å². The van der Waals surface area contributed by atoms with Crippen LogP contribution in [0.2, 0.25) is 0 Å². The SMILES string of the molecule is CCN(CC(C)(C)CCCC(=O)O)c1cc2c(cc1CNc1nnn(CCc3cc(C(F)(F)F)cc(C(F)(F)F)c3)n1)CCC2. The van der Waals surface area contributed by atoms with Gasteiger partial charge < -0.3 is 15.3 Å². The van der Waals surface area contributed by atoms with Crippen LogP contribution in [-0.2, 0) is 49.5 Å². The highest BCUT2D eigenvalue weighted by Crippen LogP contribution is 2.37. The number of hydrogen-bond donors (Lipinski definition) is 2. The highest BCUT2D eigenvalue weighted by atomic mass is 19.4. The molecule has 2 N–H and O–H groups in total. The van der Waals surface area contributed by atoms with Crippen molar-refractivity contribution < 1.29 is 36.2 Å². The van der Waals surface area contributed by atoms with E-state index in [0.717, 1.165) is 54.8 Å². The highest BCUT2D eigenvalue weighted by molar-refractivity contribution is 5.66. The number of carbonyl (C=O) groups is 1. The second-order valence-electron chi connectivity index (χ2n) is 12.3. The molecule has 0 fully saturated rings. The predicted molar refractivity (Wildman–Crippen MR) is 157 cm³/mol. The van der Waals surface area contributed by atoms with E-state index in [4.69, 9.17) is 5.11 Å². The standard InChI is InChI=1S/C31H38F6N6O2/c1-4-42(19-29(2,3)11-6-9-27(44)45)26-16-22-8-5-7-21(22)15-23(26)18-38-28-39-41-43(40-28)12-10-20-13-24(30(32,33)34)17-25(14-20)31(35,36)37/h13-17H,4-12,18-19H2,1-3H3,(H,38,40)(H,44,45). The van der Waals surface area contributed by atoms with Crippen molar-refractivity contribution in [2.75, 3.05) is 23.3 Å². The summed E-state index contributed by atoms with van der Waals surface area (Å²) in [7, 11) is 0. The summed E-state index contributed by atoms with van der Waals surface area (Å²) in [6.45, 7) is 8.11. The average molecular weight is 641 g/mol. The maximum Gasteiger partial charge on any atom is 0.416 e. The Labute approximate surface area is 257 Å². The van der Waals surface area contributed by atoms with Crippen molar-refractivity contribution in [2.24, 2.45) is 5.41 Å². The molecular formula is C31H38F6N6O2. The lowest BCUT2D eigenvalue weighted by molar-refractivity contribution is -0.143. The summed E-state index contributed by atoms with van der Waals surface area (Å²) in [6.07, 6.45) is -5.45. The van der Waals surface area contributed by atoms with Gasteiger partial charge in [0.2, 0.25) is 0 Å². The van der Waals surface area contributed by atoms with Gasteiger partial charge in [-0.3, -0.25) is 4.79 Å². The molecule has 3 aromatic rings. The number of anilines is 2. The lowest BCUT2D eigenvalue weighted by Gasteiger charge is -2.35. The van der Waals surface area contributed by atoms with Crippen LogP contribution in [-0.4, -0.2) is 44.4 Å². The number of benzene rings is 2. The zero-order valence-electron chi connectivity index (χ0n) is 25.5. The van der Waals surface area contributed by atoms with E-state index >= 15 is 0 Å². The van der Waals surface area contributed by atoms with Crippen molar-refractivity contribution in [3.8, 4) is 0 Å². The number of carboxylic acids is 1. The zero-order chi connectivity index (χ0) is 33.0. The van der Waals surface area contributed by atoms with Crippen LogP contribution in [0.1, 0.15) is 79.8 Å². The summed E-state index contributed by atoms with van der Waals surface area (Å²) in [4.78, 5) is 14.4. The number of tetrazole rings is 1. The van der Waals surface area contributed by atoms with Gasteiger partial charge in [0.15, 0.2) is 0 Å². The number of fused-ring (bicyclic) bond motifs is 1. The van der Waals surface area contributed by atoms with Gasteiger partial charge in [0.1, 0.15) is 0 Å². The number of rotatable bonds is 14. The Morgan fingerprint density at radius 3 is 2.24 bits per heavy atom. The first kappa shape index (κ1) is 34.0. The fourth-order valence-electron chi connectivity index (χ4n) is 5.76. The highest BCUT2D eigenvalue weighted by Gasteiger charge is 2.37. The van der Waals surface area contributed by atoms with E-state index in [0.29, 0.717) is 25.1 Å². The minimum absolute atomic E-state index is 0.0715. The smallest absolute Gasteiger partial charge is 0.416 e. The Kier molecular flexibility index (Phi) is 10.3. The molecule has 0 saturated heterocycles. The number of halogens is 6. The fraction of sp³-hybridized carbons (Fsp3) is 0.548. The molecule has 2 aromatic carbocycles. The normalized spacial score (nSPS) is 13.6. The number of alkyl halides is 6. The second-order valence-corrected chi connectivity index (χ2v) is 12.3. The molecule has 0 unspecified atom stereocenters. The lowest BCUT2D eigenvalue weighted by Crippen LogP contribution is -2.35. The van der Waals surface area contributed by atoms with E-state index in [9.17, 15) is 31.1 Å². The van der Waals surface area contributed by atoms with Crippen molar-refractivity contribution in [3.05, 3.63) is 63.7 Å². The van der Waals surface area contributed by atoms with Crippen molar-refractivity contribution in [3.63, 3.8) is 0 Å². The molecule has 0 bridgehead atoms. The van der Waals surface area contributed by atoms with Gasteiger partial charge in [-0.25, -0.2) is 0 Å². The summed E-state index contributed by atoms with van der Waals surface area (Å²) in [6, 6.07) is 5.92. The van der Waals surface area contributed by atoms with Crippen LogP contribution in [0.4, 0.5) is 38.0 Å².